The Kier molecular flexibility index (Phi) is 8.06. The second-order valence-corrected chi connectivity index (χ2v) is 9.53. The van der Waals surface area contributed by atoms with Crippen LogP contribution in [0.25, 0.3) is 0 Å². The number of ether oxygens (including phenoxy) is 1. The van der Waals surface area contributed by atoms with Crippen LogP contribution in [-0.2, 0) is 32.6 Å². The molecule has 182 valence electrons. The van der Waals surface area contributed by atoms with Gasteiger partial charge in [-0.15, -0.1) is 0 Å². The molecular weight excluding hydrogens is 454 g/mol. The molecule has 1 saturated carbocycles. The Balaban J connectivity index is 1.16. The lowest BCUT2D eigenvalue weighted by Gasteiger charge is -2.21. The van der Waals surface area contributed by atoms with Crippen LogP contribution in [0.15, 0.2) is 36.4 Å². The number of nitrogens with zero attached hydrogens (tertiary/aromatic N) is 1. The van der Waals surface area contributed by atoms with Crippen LogP contribution < -0.4 is 10.6 Å². The van der Waals surface area contributed by atoms with Gasteiger partial charge in [0.1, 0.15) is 11.9 Å². The van der Waals surface area contributed by atoms with Gasteiger partial charge in [0.25, 0.3) is 0 Å². The SMILES string of the molecule is O=C(O)[C@H](CCOCCCCc1ccc2c(n1)NCCC2)NC(=O)C1(c2ccccc2Cl)CC1. The molecule has 1 fully saturated rings. The molecule has 2 heterocycles. The van der Waals surface area contributed by atoms with Crippen LogP contribution in [0, 0.1) is 0 Å². The van der Waals surface area contributed by atoms with E-state index in [1.54, 1.807) is 6.07 Å². The number of aliphatic carboxylic acids is 1. The van der Waals surface area contributed by atoms with E-state index < -0.39 is 17.4 Å². The van der Waals surface area contributed by atoms with Crippen LogP contribution in [0.5, 0.6) is 0 Å². The van der Waals surface area contributed by atoms with Gasteiger partial charge in [0.2, 0.25) is 5.91 Å². The molecule has 0 saturated heterocycles. The number of aryl methyl sites for hydroxylation is 2. The molecule has 1 atom stereocenters. The fourth-order valence-corrected chi connectivity index (χ4v) is 4.78. The van der Waals surface area contributed by atoms with Crippen LogP contribution >= 0.6 is 11.6 Å². The Morgan fingerprint density at radius 2 is 2.00 bits per heavy atom. The molecule has 0 radical (unpaired) electrons. The van der Waals surface area contributed by atoms with E-state index in [-0.39, 0.29) is 18.9 Å². The third kappa shape index (κ3) is 5.88. The van der Waals surface area contributed by atoms with E-state index in [4.69, 9.17) is 21.3 Å². The standard InChI is InChI=1S/C26H32ClN3O4/c27-21-9-2-1-8-20(21)26(13-14-26)25(33)30-22(24(31)32)12-17-34-16-4-3-7-19-11-10-18-6-5-15-28-23(18)29-19/h1-2,8-11,22H,3-7,12-17H2,(H,28,29)(H,30,33)(H,31,32)/t22-/m0/s1. The number of hydrogen-bond acceptors (Lipinski definition) is 5. The number of fused-ring (bicyclic) bond motifs is 1. The minimum absolute atomic E-state index is 0.220. The number of hydrogen-bond donors (Lipinski definition) is 3. The maximum atomic E-state index is 12.9. The zero-order chi connectivity index (χ0) is 24.0. The normalized spacial score (nSPS) is 16.7. The summed E-state index contributed by atoms with van der Waals surface area (Å²) < 4.78 is 5.66. The molecule has 2 aliphatic rings. The monoisotopic (exact) mass is 485 g/mol. The highest BCUT2D eigenvalue weighted by Gasteiger charge is 2.52. The number of halogens is 1. The average Bonchev–Trinajstić information content (AvgIpc) is 3.64. The van der Waals surface area contributed by atoms with E-state index in [2.05, 4.69) is 22.8 Å². The van der Waals surface area contributed by atoms with Crippen molar-refractivity contribution >= 4 is 29.3 Å². The number of aromatic nitrogens is 1. The van der Waals surface area contributed by atoms with Crippen LogP contribution in [-0.4, -0.2) is 47.8 Å². The first-order chi connectivity index (χ1) is 16.5. The molecule has 34 heavy (non-hydrogen) atoms. The number of nitrogens with one attached hydrogen (secondary N) is 2. The number of carboxylic acids is 1. The number of rotatable bonds is 12. The summed E-state index contributed by atoms with van der Waals surface area (Å²) in [5.41, 5.74) is 2.42. The topological polar surface area (TPSA) is 101 Å². The third-order valence-corrected chi connectivity index (χ3v) is 6.98. The zero-order valence-corrected chi connectivity index (χ0v) is 20.1. The third-order valence-electron chi connectivity index (χ3n) is 6.65. The summed E-state index contributed by atoms with van der Waals surface area (Å²) in [4.78, 5) is 29.3. The Morgan fingerprint density at radius 3 is 2.76 bits per heavy atom. The van der Waals surface area contributed by atoms with Gasteiger partial charge < -0.3 is 20.5 Å². The van der Waals surface area contributed by atoms with Crippen LogP contribution in [0.3, 0.4) is 0 Å². The van der Waals surface area contributed by atoms with Crippen LogP contribution in [0.4, 0.5) is 5.82 Å². The van der Waals surface area contributed by atoms with Crippen molar-refractivity contribution in [3.05, 3.63) is 58.2 Å². The summed E-state index contributed by atoms with van der Waals surface area (Å²) in [6.45, 7) is 1.81. The Labute approximate surface area is 205 Å². The lowest BCUT2D eigenvalue weighted by atomic mass is 9.94. The first-order valence-electron chi connectivity index (χ1n) is 12.1. The van der Waals surface area contributed by atoms with E-state index >= 15 is 0 Å². The number of carboxylic acid groups (broad SMARTS) is 1. The molecule has 7 nitrogen and oxygen atoms in total. The molecule has 1 aliphatic carbocycles. The molecule has 0 bridgehead atoms. The fraction of sp³-hybridized carbons (Fsp3) is 0.500. The average molecular weight is 486 g/mol. The van der Waals surface area contributed by atoms with Gasteiger partial charge in [-0.3, -0.25) is 4.79 Å². The van der Waals surface area contributed by atoms with Crippen molar-refractivity contribution in [2.45, 2.75) is 62.8 Å². The highest BCUT2D eigenvalue weighted by molar-refractivity contribution is 6.31. The predicted octanol–water partition coefficient (Wildman–Crippen LogP) is 4.12. The van der Waals surface area contributed by atoms with Gasteiger partial charge in [-0.1, -0.05) is 35.9 Å². The Hall–Kier alpha value is -2.64. The van der Waals surface area contributed by atoms with E-state index in [9.17, 15) is 14.7 Å². The zero-order valence-electron chi connectivity index (χ0n) is 19.3. The number of carbonyl (C=O) groups is 2. The summed E-state index contributed by atoms with van der Waals surface area (Å²) in [5, 5.41) is 16.2. The molecule has 4 rings (SSSR count). The highest BCUT2D eigenvalue weighted by Crippen LogP contribution is 2.50. The molecular formula is C26H32ClN3O4. The van der Waals surface area contributed by atoms with Crippen LogP contribution in [0.1, 0.15) is 55.3 Å². The Bertz CT molecular complexity index is 1020. The van der Waals surface area contributed by atoms with Gasteiger partial charge in [0.15, 0.2) is 0 Å². The smallest absolute Gasteiger partial charge is 0.326 e. The summed E-state index contributed by atoms with van der Waals surface area (Å²) in [6, 6.07) is 10.5. The number of carbonyl (C=O) groups excluding carboxylic acids is 1. The Morgan fingerprint density at radius 1 is 1.18 bits per heavy atom. The number of amides is 1. The minimum atomic E-state index is -1.06. The number of pyridine rings is 1. The molecule has 0 unspecified atom stereocenters. The maximum absolute atomic E-state index is 12.9. The van der Waals surface area contributed by atoms with E-state index in [0.29, 0.717) is 24.5 Å². The summed E-state index contributed by atoms with van der Waals surface area (Å²) in [6.07, 6.45) is 6.49. The van der Waals surface area contributed by atoms with Crippen molar-refractivity contribution in [1.29, 1.82) is 0 Å². The molecule has 0 spiro atoms. The summed E-state index contributed by atoms with van der Waals surface area (Å²) in [7, 11) is 0. The molecule has 3 N–H and O–H groups in total. The second kappa shape index (κ2) is 11.2. The van der Waals surface area contributed by atoms with Gasteiger partial charge in [-0.25, -0.2) is 9.78 Å². The van der Waals surface area contributed by atoms with Crippen molar-refractivity contribution in [3.63, 3.8) is 0 Å². The molecule has 1 aromatic carbocycles. The quantitative estimate of drug-likeness (QED) is 0.391. The number of unbranched alkanes of at least 4 members (excludes halogenated alkanes) is 1. The second-order valence-electron chi connectivity index (χ2n) is 9.13. The predicted molar refractivity (Wildman–Crippen MR) is 131 cm³/mol. The molecule has 1 amide bonds. The minimum Gasteiger partial charge on any atom is -0.480 e. The fourth-order valence-electron chi connectivity index (χ4n) is 4.47. The van der Waals surface area contributed by atoms with Gasteiger partial charge in [0.05, 0.1) is 5.41 Å². The van der Waals surface area contributed by atoms with E-state index in [1.807, 2.05) is 18.2 Å². The van der Waals surface area contributed by atoms with Crippen molar-refractivity contribution in [2.75, 3.05) is 25.1 Å². The molecule has 1 aromatic heterocycles. The van der Waals surface area contributed by atoms with Crippen molar-refractivity contribution in [3.8, 4) is 0 Å². The lowest BCUT2D eigenvalue weighted by molar-refractivity contribution is -0.142. The van der Waals surface area contributed by atoms with Crippen molar-refractivity contribution in [2.24, 2.45) is 0 Å². The number of anilines is 1. The van der Waals surface area contributed by atoms with Gasteiger partial charge in [0, 0.05) is 36.9 Å². The van der Waals surface area contributed by atoms with Crippen molar-refractivity contribution in [1.82, 2.24) is 10.3 Å². The van der Waals surface area contributed by atoms with Crippen LogP contribution in [0.2, 0.25) is 5.02 Å². The maximum Gasteiger partial charge on any atom is 0.326 e. The number of benzene rings is 1. The first-order valence-corrected chi connectivity index (χ1v) is 12.5. The van der Waals surface area contributed by atoms with E-state index in [1.165, 1.54) is 5.56 Å². The largest absolute Gasteiger partial charge is 0.480 e. The summed E-state index contributed by atoms with van der Waals surface area (Å²) in [5.74, 6) is -0.316. The first kappa shape index (κ1) is 24.5. The molecule has 1 aliphatic heterocycles. The molecule has 8 heteroatoms. The van der Waals surface area contributed by atoms with Gasteiger partial charge in [-0.2, -0.15) is 0 Å². The van der Waals surface area contributed by atoms with Gasteiger partial charge >= 0.3 is 5.97 Å². The molecule has 2 aromatic rings. The van der Waals surface area contributed by atoms with Gasteiger partial charge in [-0.05, 0) is 68.2 Å². The highest BCUT2D eigenvalue weighted by atomic mass is 35.5. The van der Waals surface area contributed by atoms with E-state index in [0.717, 1.165) is 55.7 Å². The summed E-state index contributed by atoms with van der Waals surface area (Å²) >= 11 is 6.28. The lowest BCUT2D eigenvalue weighted by Crippen LogP contribution is -2.46. The van der Waals surface area contributed by atoms with Crippen molar-refractivity contribution < 1.29 is 19.4 Å².